The van der Waals surface area contributed by atoms with E-state index in [0.29, 0.717) is 46.0 Å². The molecule has 1 aliphatic rings. The zero-order valence-corrected chi connectivity index (χ0v) is 31.8. The number of hydrogen-bond acceptors (Lipinski definition) is 8. The van der Waals surface area contributed by atoms with Crippen molar-refractivity contribution in [3.63, 3.8) is 0 Å². The van der Waals surface area contributed by atoms with Crippen LogP contribution in [0.5, 0.6) is 5.75 Å². The predicted molar refractivity (Wildman–Crippen MR) is 207 cm³/mol. The third kappa shape index (κ3) is 9.96. The van der Waals surface area contributed by atoms with Gasteiger partial charge in [-0.05, 0) is 76.9 Å². The summed E-state index contributed by atoms with van der Waals surface area (Å²) >= 11 is 3.52. The maximum absolute atomic E-state index is 14.1. The van der Waals surface area contributed by atoms with Gasteiger partial charge in [-0.2, -0.15) is 0 Å². The van der Waals surface area contributed by atoms with Crippen molar-refractivity contribution < 1.29 is 23.9 Å². The highest BCUT2D eigenvalue weighted by atomic mass is 79.9. The Hall–Kier alpha value is -4.78. The van der Waals surface area contributed by atoms with Crippen molar-refractivity contribution >= 4 is 67.6 Å². The molecule has 13 heteroatoms. The summed E-state index contributed by atoms with van der Waals surface area (Å²) in [5, 5.41) is 12.7. The van der Waals surface area contributed by atoms with Gasteiger partial charge in [-0.1, -0.05) is 88.8 Å². The highest BCUT2D eigenvalue weighted by Gasteiger charge is 2.42. The Bertz CT molecular complexity index is 1860. The maximum Gasteiger partial charge on any atom is 0.338 e. The quantitative estimate of drug-likeness (QED) is 0.0712. The van der Waals surface area contributed by atoms with Gasteiger partial charge in [-0.3, -0.25) is 15.0 Å². The predicted octanol–water partition coefficient (Wildman–Crippen LogP) is 8.84. The minimum Gasteiger partial charge on any atom is -0.494 e. The fourth-order valence-electron chi connectivity index (χ4n) is 6.21. The Kier molecular flexibility index (Phi) is 14.2. The van der Waals surface area contributed by atoms with Crippen molar-refractivity contribution in [3.8, 4) is 5.75 Å². The zero-order chi connectivity index (χ0) is 36.9. The van der Waals surface area contributed by atoms with Gasteiger partial charge in [0, 0.05) is 17.1 Å². The van der Waals surface area contributed by atoms with Gasteiger partial charge in [-0.25, -0.2) is 19.5 Å². The number of amides is 2. The summed E-state index contributed by atoms with van der Waals surface area (Å²) in [5.74, 6) is -0.376. The molecule has 0 spiro atoms. The van der Waals surface area contributed by atoms with Crippen molar-refractivity contribution in [2.45, 2.75) is 96.9 Å². The second-order valence-corrected chi connectivity index (χ2v) is 13.8. The normalized spacial score (nSPS) is 14.9. The van der Waals surface area contributed by atoms with E-state index in [2.05, 4.69) is 43.9 Å². The molecule has 0 aliphatic carbocycles. The van der Waals surface area contributed by atoms with E-state index in [1.54, 1.807) is 42.5 Å². The first-order valence-electron chi connectivity index (χ1n) is 18.2. The number of nitrogens with zero attached hydrogens (tertiary/aromatic N) is 5. The van der Waals surface area contributed by atoms with E-state index >= 15 is 0 Å². The number of benzene rings is 3. The lowest BCUT2D eigenvalue weighted by atomic mass is 10.1. The molecule has 1 saturated heterocycles. The number of esters is 1. The number of aliphatic imine (C=N–C) groups is 1. The lowest BCUT2D eigenvalue weighted by Gasteiger charge is -2.16. The average molecular weight is 775 g/mol. The van der Waals surface area contributed by atoms with Crippen molar-refractivity contribution in [1.82, 2.24) is 20.4 Å². The summed E-state index contributed by atoms with van der Waals surface area (Å²) in [7, 11) is 1.51. The van der Waals surface area contributed by atoms with Crippen molar-refractivity contribution in [2.75, 3.05) is 24.0 Å². The standard InChI is InChI=1S/C39H48BrN7O5/c1-4-5-6-7-8-9-10-11-12-13-14-15-25-52-39(50)28-19-24-34(51-3)32(26-28)42-37-36(47-33-18-16-17-31(40)35(33)43-45-47)38(49)46(44-37)30-22-20-29(21-23-30)41-27(2)48/h16-24,26,36H,4-15,25H2,1-3H3,(H,41,48)(H,42,44). The molecule has 3 aromatic carbocycles. The van der Waals surface area contributed by atoms with Crippen LogP contribution in [-0.2, 0) is 14.3 Å². The van der Waals surface area contributed by atoms with Crippen LogP contribution in [0.15, 0.2) is 70.1 Å². The van der Waals surface area contributed by atoms with Gasteiger partial charge in [0.05, 0.1) is 30.5 Å². The molecule has 52 heavy (non-hydrogen) atoms. The molecule has 1 aliphatic heterocycles. The molecule has 0 bridgehead atoms. The first-order valence-corrected chi connectivity index (χ1v) is 19.0. The molecule has 0 radical (unpaired) electrons. The van der Waals surface area contributed by atoms with E-state index in [1.165, 1.54) is 81.5 Å². The summed E-state index contributed by atoms with van der Waals surface area (Å²) in [6.45, 7) is 4.02. The largest absolute Gasteiger partial charge is 0.494 e. The molecule has 2 N–H and O–H groups in total. The first kappa shape index (κ1) is 38.5. The minimum absolute atomic E-state index is 0.203. The molecule has 12 nitrogen and oxygen atoms in total. The van der Waals surface area contributed by atoms with Crippen LogP contribution in [0.1, 0.15) is 107 Å². The van der Waals surface area contributed by atoms with Crippen LogP contribution in [0.2, 0.25) is 0 Å². The fraction of sp³-hybridized carbons (Fsp3) is 0.436. The fourth-order valence-corrected chi connectivity index (χ4v) is 6.65. The second-order valence-electron chi connectivity index (χ2n) is 13.0. The number of hydrazine groups is 1. The van der Waals surface area contributed by atoms with Crippen molar-refractivity contribution in [3.05, 3.63) is 70.7 Å². The molecule has 1 atom stereocenters. The number of nitrogens with one attached hydrogen (secondary N) is 2. The summed E-state index contributed by atoms with van der Waals surface area (Å²) in [4.78, 5) is 43.6. The minimum atomic E-state index is -1.03. The second kappa shape index (κ2) is 19.2. The van der Waals surface area contributed by atoms with Crippen LogP contribution in [0.4, 0.5) is 17.1 Å². The van der Waals surface area contributed by atoms with Crippen LogP contribution in [0.25, 0.3) is 11.0 Å². The Morgan fingerprint density at radius 1 is 0.923 bits per heavy atom. The number of rotatable bonds is 19. The maximum atomic E-state index is 14.1. The number of carbonyl (C=O) groups is 3. The van der Waals surface area contributed by atoms with E-state index in [4.69, 9.17) is 14.5 Å². The third-order valence-corrected chi connectivity index (χ3v) is 9.61. The highest BCUT2D eigenvalue weighted by molar-refractivity contribution is 9.10. The van der Waals surface area contributed by atoms with Gasteiger partial charge in [0.2, 0.25) is 5.91 Å². The molecular weight excluding hydrogens is 726 g/mol. The topological polar surface area (TPSA) is 140 Å². The van der Waals surface area contributed by atoms with Crippen LogP contribution < -0.4 is 20.5 Å². The van der Waals surface area contributed by atoms with Gasteiger partial charge < -0.3 is 14.8 Å². The summed E-state index contributed by atoms with van der Waals surface area (Å²) in [6.07, 6.45) is 14.8. The van der Waals surface area contributed by atoms with Crippen LogP contribution in [0.3, 0.4) is 0 Å². The first-order chi connectivity index (χ1) is 25.3. The number of anilines is 2. The van der Waals surface area contributed by atoms with Crippen molar-refractivity contribution in [2.24, 2.45) is 4.99 Å². The molecule has 2 amide bonds. The molecule has 0 saturated carbocycles. The Labute approximate surface area is 313 Å². The van der Waals surface area contributed by atoms with Gasteiger partial charge in [0.15, 0.2) is 11.9 Å². The van der Waals surface area contributed by atoms with Gasteiger partial charge in [-0.15, -0.1) is 5.10 Å². The number of unbranched alkanes of at least 4 members (excludes halogenated alkanes) is 11. The number of aromatic nitrogens is 3. The lowest BCUT2D eigenvalue weighted by Crippen LogP contribution is -2.35. The van der Waals surface area contributed by atoms with Crippen LogP contribution in [-0.4, -0.2) is 52.3 Å². The zero-order valence-electron chi connectivity index (χ0n) is 30.2. The number of methoxy groups -OCH3 is 1. The van der Waals surface area contributed by atoms with Gasteiger partial charge >= 0.3 is 5.97 Å². The molecule has 1 fully saturated rings. The molecule has 1 aromatic heterocycles. The summed E-state index contributed by atoms with van der Waals surface area (Å²) in [6, 6.07) is 16.2. The molecular formula is C39H48BrN7O5. The van der Waals surface area contributed by atoms with E-state index in [0.717, 1.165) is 23.7 Å². The summed E-state index contributed by atoms with van der Waals surface area (Å²) < 4.78 is 13.5. The van der Waals surface area contributed by atoms with Gasteiger partial charge in [0.1, 0.15) is 17.0 Å². The smallest absolute Gasteiger partial charge is 0.338 e. The number of halogens is 1. The molecule has 276 valence electrons. The van der Waals surface area contributed by atoms with E-state index in [9.17, 15) is 14.4 Å². The average Bonchev–Trinajstić information content (AvgIpc) is 3.71. The van der Waals surface area contributed by atoms with Crippen LogP contribution >= 0.6 is 15.9 Å². The Morgan fingerprint density at radius 2 is 1.60 bits per heavy atom. The highest BCUT2D eigenvalue weighted by Crippen LogP contribution is 2.34. The SMILES string of the molecule is CCCCCCCCCCCCCCOC(=O)c1ccc(OC)c(N=C2NN(c3ccc(NC(C)=O)cc3)C(=O)C2n2nnc3c(Br)cccc32)c1. The van der Waals surface area contributed by atoms with Crippen molar-refractivity contribution in [1.29, 1.82) is 0 Å². The lowest BCUT2D eigenvalue weighted by molar-refractivity contribution is -0.119. The molecule has 2 heterocycles. The monoisotopic (exact) mass is 773 g/mol. The summed E-state index contributed by atoms with van der Waals surface area (Å²) in [5.41, 5.74) is 6.10. The molecule has 5 rings (SSSR count). The third-order valence-electron chi connectivity index (χ3n) is 8.97. The number of ether oxygens (including phenoxy) is 2. The number of amidine groups is 1. The number of carbonyl (C=O) groups excluding carboxylic acids is 3. The van der Waals surface area contributed by atoms with E-state index in [1.807, 2.05) is 18.2 Å². The van der Waals surface area contributed by atoms with E-state index < -0.39 is 12.0 Å². The molecule has 1 unspecified atom stereocenters. The number of hydrogen-bond donors (Lipinski definition) is 2. The Balaban J connectivity index is 1.28. The van der Waals surface area contributed by atoms with Gasteiger partial charge in [0.25, 0.3) is 5.91 Å². The Morgan fingerprint density at radius 3 is 2.25 bits per heavy atom. The van der Waals surface area contributed by atoms with Crippen LogP contribution in [0, 0.1) is 0 Å². The molecule has 4 aromatic rings. The number of fused-ring (bicyclic) bond motifs is 1. The van der Waals surface area contributed by atoms with E-state index in [-0.39, 0.29) is 17.6 Å².